The predicted octanol–water partition coefficient (Wildman–Crippen LogP) is 3.31. The highest BCUT2D eigenvalue weighted by Crippen LogP contribution is 2.30. The number of nitrogens with two attached hydrogens (primary N) is 1. The summed E-state index contributed by atoms with van der Waals surface area (Å²) in [5.41, 5.74) is 8.32. The molecule has 152 valence electrons. The summed E-state index contributed by atoms with van der Waals surface area (Å²) in [5, 5.41) is 0.872. The number of aromatic nitrogens is 3. The van der Waals surface area contributed by atoms with Crippen molar-refractivity contribution in [2.75, 3.05) is 18.0 Å². The second-order valence-corrected chi connectivity index (χ2v) is 7.03. The smallest absolute Gasteiger partial charge is 0.362 e. The van der Waals surface area contributed by atoms with Gasteiger partial charge in [-0.2, -0.15) is 13.2 Å². The van der Waals surface area contributed by atoms with Gasteiger partial charge in [-0.1, -0.05) is 6.07 Å². The van der Waals surface area contributed by atoms with Crippen LogP contribution in [-0.2, 0) is 11.3 Å². The number of hydrogen-bond donors (Lipinski definition) is 1. The van der Waals surface area contributed by atoms with Gasteiger partial charge in [-0.05, 0) is 37.3 Å². The third-order valence-electron chi connectivity index (χ3n) is 4.79. The summed E-state index contributed by atoms with van der Waals surface area (Å²) in [4.78, 5) is 15.0. The molecule has 0 bridgehead atoms. The maximum Gasteiger partial charge on any atom is 0.416 e. The Kier molecular flexibility index (Phi) is 5.10. The normalized spacial score (nSPS) is 20.2. The first-order valence-corrected chi connectivity index (χ1v) is 9.24. The molecule has 0 aliphatic carbocycles. The molecule has 3 aromatic rings. The number of nitrogens with zero attached hydrogens (tertiary/aromatic N) is 4. The first-order chi connectivity index (χ1) is 13.8. The van der Waals surface area contributed by atoms with Crippen molar-refractivity contribution in [2.24, 2.45) is 5.73 Å². The molecule has 2 N–H and O–H groups in total. The SMILES string of the molecule is CC1CN(c2cccc(-c3ccc4cnc(CN)cc4n3)n2)CC(C(F)(F)F)O1. The number of halogens is 3. The lowest BCUT2D eigenvalue weighted by Gasteiger charge is -2.38. The Balaban J connectivity index is 1.66. The zero-order valence-corrected chi connectivity index (χ0v) is 15.7. The lowest BCUT2D eigenvalue weighted by atomic mass is 10.1. The molecule has 0 saturated carbocycles. The number of fused-ring (bicyclic) bond motifs is 1. The second kappa shape index (κ2) is 7.57. The molecule has 0 radical (unpaired) electrons. The van der Waals surface area contributed by atoms with Crippen LogP contribution < -0.4 is 10.6 Å². The van der Waals surface area contributed by atoms with Gasteiger partial charge in [0.2, 0.25) is 0 Å². The number of alkyl halides is 3. The summed E-state index contributed by atoms with van der Waals surface area (Å²) in [7, 11) is 0. The van der Waals surface area contributed by atoms with E-state index in [9.17, 15) is 13.2 Å². The number of hydrogen-bond acceptors (Lipinski definition) is 6. The van der Waals surface area contributed by atoms with Gasteiger partial charge in [0.05, 0.1) is 35.2 Å². The van der Waals surface area contributed by atoms with Crippen LogP contribution >= 0.6 is 0 Å². The van der Waals surface area contributed by atoms with E-state index < -0.39 is 18.4 Å². The third kappa shape index (κ3) is 4.15. The second-order valence-electron chi connectivity index (χ2n) is 7.03. The quantitative estimate of drug-likeness (QED) is 0.723. The number of ether oxygens (including phenoxy) is 1. The van der Waals surface area contributed by atoms with E-state index in [0.29, 0.717) is 30.3 Å². The van der Waals surface area contributed by atoms with Crippen LogP contribution in [0, 0.1) is 0 Å². The predicted molar refractivity (Wildman–Crippen MR) is 103 cm³/mol. The van der Waals surface area contributed by atoms with E-state index in [1.54, 1.807) is 36.2 Å². The molecule has 1 aliphatic heterocycles. The lowest BCUT2D eigenvalue weighted by Crippen LogP contribution is -2.52. The van der Waals surface area contributed by atoms with Crippen LogP contribution in [0.3, 0.4) is 0 Å². The van der Waals surface area contributed by atoms with Gasteiger partial charge in [0, 0.05) is 24.7 Å². The van der Waals surface area contributed by atoms with Crippen LogP contribution in [0.4, 0.5) is 19.0 Å². The molecule has 2 atom stereocenters. The molecule has 0 spiro atoms. The van der Waals surface area contributed by atoms with Crippen molar-refractivity contribution in [3.05, 3.63) is 48.3 Å². The fourth-order valence-corrected chi connectivity index (χ4v) is 3.37. The average Bonchev–Trinajstić information content (AvgIpc) is 2.72. The molecule has 4 rings (SSSR count). The van der Waals surface area contributed by atoms with Gasteiger partial charge in [0.1, 0.15) is 5.82 Å². The standard InChI is InChI=1S/C20H20F3N5O/c1-12-10-28(11-18(29-12)20(21,22)23)19-4-2-3-15(27-19)16-6-5-13-9-25-14(8-24)7-17(13)26-16/h2-7,9,12,18H,8,10-11,24H2,1H3. The van der Waals surface area contributed by atoms with Crippen LogP contribution in [0.5, 0.6) is 0 Å². The fourth-order valence-electron chi connectivity index (χ4n) is 3.37. The minimum Gasteiger partial charge on any atom is -0.362 e. The third-order valence-corrected chi connectivity index (χ3v) is 4.79. The summed E-state index contributed by atoms with van der Waals surface area (Å²) >= 11 is 0. The summed E-state index contributed by atoms with van der Waals surface area (Å²) < 4.78 is 44.6. The zero-order valence-electron chi connectivity index (χ0n) is 15.7. The van der Waals surface area contributed by atoms with E-state index in [0.717, 1.165) is 16.6 Å². The molecule has 3 aromatic heterocycles. The van der Waals surface area contributed by atoms with Crippen molar-refractivity contribution >= 4 is 16.7 Å². The monoisotopic (exact) mass is 403 g/mol. The topological polar surface area (TPSA) is 77.2 Å². The molecule has 1 saturated heterocycles. The number of anilines is 1. The Bertz CT molecular complexity index is 1030. The molecule has 0 amide bonds. The Morgan fingerprint density at radius 3 is 2.69 bits per heavy atom. The maximum atomic E-state index is 13.2. The van der Waals surface area contributed by atoms with Gasteiger partial charge in [0.15, 0.2) is 6.10 Å². The highest BCUT2D eigenvalue weighted by molar-refractivity contribution is 5.80. The largest absolute Gasteiger partial charge is 0.416 e. The Morgan fingerprint density at radius 2 is 1.93 bits per heavy atom. The Morgan fingerprint density at radius 1 is 1.14 bits per heavy atom. The maximum absolute atomic E-state index is 13.2. The molecule has 2 unspecified atom stereocenters. The summed E-state index contributed by atoms with van der Waals surface area (Å²) in [6, 6.07) is 10.8. The minimum atomic E-state index is -4.42. The fraction of sp³-hybridized carbons (Fsp3) is 0.350. The van der Waals surface area contributed by atoms with E-state index in [2.05, 4.69) is 15.0 Å². The number of pyridine rings is 3. The van der Waals surface area contributed by atoms with Crippen LogP contribution in [0.15, 0.2) is 42.6 Å². The Hall–Kier alpha value is -2.78. The van der Waals surface area contributed by atoms with Gasteiger partial charge in [-0.15, -0.1) is 0 Å². The Labute approximate surface area is 165 Å². The highest BCUT2D eigenvalue weighted by atomic mass is 19.4. The van der Waals surface area contributed by atoms with Crippen molar-refractivity contribution in [3.63, 3.8) is 0 Å². The van der Waals surface area contributed by atoms with E-state index >= 15 is 0 Å². The van der Waals surface area contributed by atoms with Gasteiger partial charge in [-0.25, -0.2) is 9.97 Å². The lowest BCUT2D eigenvalue weighted by molar-refractivity contribution is -0.233. The summed E-state index contributed by atoms with van der Waals surface area (Å²) in [6.07, 6.45) is -5.09. The molecule has 6 nitrogen and oxygen atoms in total. The van der Waals surface area contributed by atoms with Gasteiger partial charge >= 0.3 is 6.18 Å². The molecule has 1 aliphatic rings. The van der Waals surface area contributed by atoms with Crippen LogP contribution in [0.25, 0.3) is 22.3 Å². The average molecular weight is 403 g/mol. The van der Waals surface area contributed by atoms with Crippen molar-refractivity contribution in [3.8, 4) is 11.4 Å². The van der Waals surface area contributed by atoms with E-state index in [4.69, 9.17) is 10.5 Å². The van der Waals surface area contributed by atoms with E-state index in [-0.39, 0.29) is 6.54 Å². The van der Waals surface area contributed by atoms with Crippen LogP contribution in [0.2, 0.25) is 0 Å². The van der Waals surface area contributed by atoms with Crippen molar-refractivity contribution in [2.45, 2.75) is 31.9 Å². The highest BCUT2D eigenvalue weighted by Gasteiger charge is 2.45. The van der Waals surface area contributed by atoms with Crippen LogP contribution in [-0.4, -0.2) is 46.4 Å². The first-order valence-electron chi connectivity index (χ1n) is 9.24. The molecule has 29 heavy (non-hydrogen) atoms. The molecule has 4 heterocycles. The molecular weight excluding hydrogens is 383 g/mol. The molecule has 0 aromatic carbocycles. The first kappa shape index (κ1) is 19.5. The van der Waals surface area contributed by atoms with Crippen molar-refractivity contribution < 1.29 is 17.9 Å². The molecule has 9 heteroatoms. The number of morpholine rings is 1. The van der Waals surface area contributed by atoms with Gasteiger partial charge in [0.25, 0.3) is 0 Å². The summed E-state index contributed by atoms with van der Waals surface area (Å²) in [6.45, 7) is 1.98. The van der Waals surface area contributed by atoms with Crippen molar-refractivity contribution in [1.29, 1.82) is 0 Å². The van der Waals surface area contributed by atoms with Crippen LogP contribution in [0.1, 0.15) is 12.6 Å². The molecule has 1 fully saturated rings. The van der Waals surface area contributed by atoms with E-state index in [1.807, 2.05) is 18.2 Å². The zero-order chi connectivity index (χ0) is 20.6. The number of rotatable bonds is 3. The molecular formula is C20H20F3N5O. The van der Waals surface area contributed by atoms with Gasteiger partial charge in [-0.3, -0.25) is 4.98 Å². The minimum absolute atomic E-state index is 0.291. The van der Waals surface area contributed by atoms with E-state index in [1.165, 1.54) is 0 Å². The van der Waals surface area contributed by atoms with Crippen molar-refractivity contribution in [1.82, 2.24) is 15.0 Å². The summed E-state index contributed by atoms with van der Waals surface area (Å²) in [5.74, 6) is 0.464. The van der Waals surface area contributed by atoms with Gasteiger partial charge < -0.3 is 15.4 Å².